The van der Waals surface area contributed by atoms with Crippen LogP contribution in [0.1, 0.15) is 30.3 Å². The smallest absolute Gasteiger partial charge is 0.123 e. The van der Waals surface area contributed by atoms with E-state index in [1.165, 1.54) is 12.1 Å². The van der Waals surface area contributed by atoms with Gasteiger partial charge in [0.2, 0.25) is 0 Å². The zero-order valence-electron chi connectivity index (χ0n) is 13.9. The quantitative estimate of drug-likeness (QED) is 0.729. The Labute approximate surface area is 141 Å². The molecule has 0 aliphatic carbocycles. The van der Waals surface area contributed by atoms with Crippen molar-refractivity contribution in [1.82, 2.24) is 10.3 Å². The van der Waals surface area contributed by atoms with Crippen molar-refractivity contribution < 1.29 is 9.13 Å². The van der Waals surface area contributed by atoms with E-state index in [4.69, 9.17) is 9.72 Å². The molecule has 0 amide bonds. The maximum atomic E-state index is 13.1. The zero-order chi connectivity index (χ0) is 16.9. The second-order valence-corrected chi connectivity index (χ2v) is 5.83. The molecule has 2 aromatic carbocycles. The van der Waals surface area contributed by atoms with Gasteiger partial charge < -0.3 is 10.1 Å². The minimum atomic E-state index is -0.240. The van der Waals surface area contributed by atoms with Crippen LogP contribution in [-0.4, -0.2) is 18.6 Å². The highest BCUT2D eigenvalue weighted by atomic mass is 19.1. The number of ether oxygens (including phenoxy) is 1. The van der Waals surface area contributed by atoms with E-state index in [-0.39, 0.29) is 18.0 Å². The van der Waals surface area contributed by atoms with Gasteiger partial charge in [-0.1, -0.05) is 36.4 Å². The van der Waals surface area contributed by atoms with Crippen LogP contribution >= 0.6 is 0 Å². The van der Waals surface area contributed by atoms with Gasteiger partial charge in [-0.25, -0.2) is 4.39 Å². The van der Waals surface area contributed by atoms with Crippen LogP contribution in [0.3, 0.4) is 0 Å². The van der Waals surface area contributed by atoms with Crippen LogP contribution in [0.2, 0.25) is 0 Å². The molecule has 0 radical (unpaired) electrons. The molecule has 0 unspecified atom stereocenters. The molecule has 2 atom stereocenters. The maximum Gasteiger partial charge on any atom is 0.123 e. The SMILES string of the molecule is CO[C@H](CN[C@@H](C)c1ccc2ccccc2n1)c1ccc(F)cc1. The second kappa shape index (κ2) is 7.51. The van der Waals surface area contributed by atoms with Gasteiger partial charge in [0.05, 0.1) is 17.3 Å². The van der Waals surface area contributed by atoms with Gasteiger partial charge in [-0.05, 0) is 36.8 Å². The summed E-state index contributed by atoms with van der Waals surface area (Å²) in [4.78, 5) is 4.71. The molecule has 0 aliphatic rings. The normalized spacial score (nSPS) is 13.8. The summed E-state index contributed by atoms with van der Waals surface area (Å²) in [5, 5.41) is 4.58. The zero-order valence-corrected chi connectivity index (χ0v) is 13.9. The van der Waals surface area contributed by atoms with E-state index in [9.17, 15) is 4.39 Å². The van der Waals surface area contributed by atoms with Crippen LogP contribution in [0.5, 0.6) is 0 Å². The molecular formula is C20H21FN2O. The minimum absolute atomic E-state index is 0.0905. The highest BCUT2D eigenvalue weighted by molar-refractivity contribution is 5.78. The van der Waals surface area contributed by atoms with Crippen molar-refractivity contribution in [3.63, 3.8) is 0 Å². The van der Waals surface area contributed by atoms with Crippen LogP contribution in [0.15, 0.2) is 60.7 Å². The maximum absolute atomic E-state index is 13.1. The third-order valence-electron chi connectivity index (χ3n) is 4.20. The van der Waals surface area contributed by atoms with Gasteiger partial charge in [-0.15, -0.1) is 0 Å². The average molecular weight is 324 g/mol. The van der Waals surface area contributed by atoms with E-state index in [0.29, 0.717) is 6.54 Å². The molecule has 24 heavy (non-hydrogen) atoms. The molecule has 3 nitrogen and oxygen atoms in total. The van der Waals surface area contributed by atoms with E-state index in [0.717, 1.165) is 22.2 Å². The molecule has 0 spiro atoms. The molecule has 124 valence electrons. The van der Waals surface area contributed by atoms with Gasteiger partial charge >= 0.3 is 0 Å². The van der Waals surface area contributed by atoms with Crippen molar-refractivity contribution in [3.8, 4) is 0 Å². The Bertz CT molecular complexity index is 804. The number of rotatable bonds is 6. The molecule has 3 rings (SSSR count). The molecule has 0 bridgehead atoms. The molecule has 1 aromatic heterocycles. The largest absolute Gasteiger partial charge is 0.375 e. The monoisotopic (exact) mass is 324 g/mol. The fourth-order valence-electron chi connectivity index (χ4n) is 2.73. The van der Waals surface area contributed by atoms with Gasteiger partial charge in [0.25, 0.3) is 0 Å². The number of halogens is 1. The molecule has 4 heteroatoms. The van der Waals surface area contributed by atoms with Gasteiger partial charge in [0.15, 0.2) is 0 Å². The number of aromatic nitrogens is 1. The first-order chi connectivity index (χ1) is 11.7. The van der Waals surface area contributed by atoms with Gasteiger partial charge in [0.1, 0.15) is 5.82 Å². The van der Waals surface area contributed by atoms with Gasteiger partial charge in [-0.3, -0.25) is 4.98 Å². The highest BCUT2D eigenvalue weighted by Crippen LogP contribution is 2.19. The summed E-state index contributed by atoms with van der Waals surface area (Å²) in [6, 6.07) is 18.7. The number of hydrogen-bond acceptors (Lipinski definition) is 3. The lowest BCUT2D eigenvalue weighted by atomic mass is 10.1. The highest BCUT2D eigenvalue weighted by Gasteiger charge is 2.14. The van der Waals surface area contributed by atoms with Crippen LogP contribution in [0, 0.1) is 5.82 Å². The number of nitrogens with one attached hydrogen (secondary N) is 1. The van der Waals surface area contributed by atoms with Gasteiger partial charge in [0, 0.05) is 25.1 Å². The number of pyridine rings is 1. The Morgan fingerprint density at radius 2 is 1.79 bits per heavy atom. The van der Waals surface area contributed by atoms with E-state index in [2.05, 4.69) is 24.4 Å². The summed E-state index contributed by atoms with van der Waals surface area (Å²) in [5.74, 6) is -0.240. The van der Waals surface area contributed by atoms with Crippen LogP contribution in [0.25, 0.3) is 10.9 Å². The second-order valence-electron chi connectivity index (χ2n) is 5.83. The van der Waals surface area contributed by atoms with Crippen molar-refractivity contribution in [2.75, 3.05) is 13.7 Å². The van der Waals surface area contributed by atoms with E-state index in [1.54, 1.807) is 19.2 Å². The third kappa shape index (κ3) is 3.78. The lowest BCUT2D eigenvalue weighted by molar-refractivity contribution is 0.0997. The molecule has 0 fully saturated rings. The lowest BCUT2D eigenvalue weighted by Gasteiger charge is -2.20. The Morgan fingerprint density at radius 1 is 1.04 bits per heavy atom. The number of benzene rings is 2. The Balaban J connectivity index is 1.68. The van der Waals surface area contributed by atoms with Crippen LogP contribution in [-0.2, 0) is 4.74 Å². The molecule has 0 saturated heterocycles. The molecule has 1 N–H and O–H groups in total. The van der Waals surface area contributed by atoms with Crippen molar-refractivity contribution in [2.45, 2.75) is 19.1 Å². The van der Waals surface area contributed by atoms with Crippen molar-refractivity contribution in [2.24, 2.45) is 0 Å². The summed E-state index contributed by atoms with van der Waals surface area (Å²) in [7, 11) is 1.66. The molecule has 0 aliphatic heterocycles. The van der Waals surface area contributed by atoms with Crippen molar-refractivity contribution in [1.29, 1.82) is 0 Å². The fourth-order valence-corrected chi connectivity index (χ4v) is 2.73. The Kier molecular flexibility index (Phi) is 5.18. The van der Waals surface area contributed by atoms with E-state index in [1.807, 2.05) is 24.3 Å². The number of fused-ring (bicyclic) bond motifs is 1. The number of nitrogens with zero attached hydrogens (tertiary/aromatic N) is 1. The number of methoxy groups -OCH3 is 1. The fraction of sp³-hybridized carbons (Fsp3) is 0.250. The first-order valence-electron chi connectivity index (χ1n) is 8.04. The minimum Gasteiger partial charge on any atom is -0.375 e. The summed E-state index contributed by atoms with van der Waals surface area (Å²) in [6.07, 6.45) is -0.131. The van der Waals surface area contributed by atoms with Crippen LogP contribution in [0.4, 0.5) is 4.39 Å². The summed E-state index contributed by atoms with van der Waals surface area (Å²) in [6.45, 7) is 2.70. The molecule has 0 saturated carbocycles. The predicted octanol–water partition coefficient (Wildman–Crippen LogP) is 4.41. The van der Waals surface area contributed by atoms with Crippen molar-refractivity contribution in [3.05, 3.63) is 77.7 Å². The van der Waals surface area contributed by atoms with E-state index < -0.39 is 0 Å². The topological polar surface area (TPSA) is 34.1 Å². The summed E-state index contributed by atoms with van der Waals surface area (Å²) >= 11 is 0. The molecular weight excluding hydrogens is 303 g/mol. The standard InChI is InChI=1S/C20H21FN2O/c1-14(18-12-9-15-5-3-4-6-19(15)23-18)22-13-20(24-2)16-7-10-17(21)11-8-16/h3-12,14,20,22H,13H2,1-2H3/t14-,20+/m0/s1. The third-order valence-corrected chi connectivity index (χ3v) is 4.20. The first-order valence-corrected chi connectivity index (χ1v) is 8.04. The van der Waals surface area contributed by atoms with Crippen LogP contribution < -0.4 is 5.32 Å². The summed E-state index contributed by atoms with van der Waals surface area (Å²) < 4.78 is 18.6. The lowest BCUT2D eigenvalue weighted by Crippen LogP contribution is -2.26. The van der Waals surface area contributed by atoms with Gasteiger partial charge in [-0.2, -0.15) is 0 Å². The number of para-hydroxylation sites is 1. The Hall–Kier alpha value is -2.30. The predicted molar refractivity (Wildman–Crippen MR) is 94.3 cm³/mol. The summed E-state index contributed by atoms with van der Waals surface area (Å²) in [5.41, 5.74) is 2.93. The molecule has 1 heterocycles. The molecule has 3 aromatic rings. The average Bonchev–Trinajstić information content (AvgIpc) is 2.63. The van der Waals surface area contributed by atoms with Crippen molar-refractivity contribution >= 4 is 10.9 Å². The van der Waals surface area contributed by atoms with E-state index >= 15 is 0 Å². The number of hydrogen-bond donors (Lipinski definition) is 1. The Morgan fingerprint density at radius 3 is 2.54 bits per heavy atom. The first kappa shape index (κ1) is 16.6.